The average Bonchev–Trinajstić information content (AvgIpc) is 2.17. The highest BCUT2D eigenvalue weighted by atomic mass is 14.9. The highest BCUT2D eigenvalue weighted by molar-refractivity contribution is 5.18. The molecular formula is C13H22N2. The van der Waals surface area contributed by atoms with Crippen LogP contribution in [-0.4, -0.2) is 18.6 Å². The molecule has 0 aromatic heterocycles. The van der Waals surface area contributed by atoms with E-state index in [1.54, 1.807) is 0 Å². The van der Waals surface area contributed by atoms with Gasteiger partial charge in [0.2, 0.25) is 0 Å². The predicted molar refractivity (Wildman–Crippen MR) is 66.0 cm³/mol. The zero-order chi connectivity index (χ0) is 11.3. The molecule has 1 unspecified atom stereocenters. The van der Waals surface area contributed by atoms with E-state index in [1.807, 2.05) is 19.9 Å². The highest BCUT2D eigenvalue weighted by Gasteiger charge is 2.10. The van der Waals surface area contributed by atoms with E-state index in [0.29, 0.717) is 5.92 Å². The summed E-state index contributed by atoms with van der Waals surface area (Å²) in [7, 11) is 0. The van der Waals surface area contributed by atoms with E-state index in [2.05, 4.69) is 36.5 Å². The van der Waals surface area contributed by atoms with Crippen LogP contribution in [0.4, 0.5) is 0 Å². The minimum absolute atomic E-state index is 0.129. The van der Waals surface area contributed by atoms with Crippen molar-refractivity contribution in [3.8, 4) is 0 Å². The summed E-state index contributed by atoms with van der Waals surface area (Å²) >= 11 is 0. The maximum Gasteiger partial charge on any atom is 0.0223 e. The molecule has 0 heterocycles. The Labute approximate surface area is 92.9 Å². The summed E-state index contributed by atoms with van der Waals surface area (Å²) in [5, 5.41) is 3.40. The molecule has 0 spiro atoms. The van der Waals surface area contributed by atoms with Crippen LogP contribution in [0.5, 0.6) is 0 Å². The number of nitrogens with one attached hydrogen (secondary N) is 1. The molecule has 0 saturated carbocycles. The molecule has 84 valence electrons. The number of rotatable bonds is 5. The van der Waals surface area contributed by atoms with Crippen LogP contribution >= 0.6 is 0 Å². The van der Waals surface area contributed by atoms with Gasteiger partial charge in [-0.15, -0.1) is 0 Å². The van der Waals surface area contributed by atoms with Gasteiger partial charge in [-0.3, -0.25) is 0 Å². The van der Waals surface area contributed by atoms with Gasteiger partial charge in [0.05, 0.1) is 0 Å². The quantitative estimate of drug-likeness (QED) is 0.774. The smallest absolute Gasteiger partial charge is 0.0223 e. The zero-order valence-electron chi connectivity index (χ0n) is 9.96. The van der Waals surface area contributed by atoms with Gasteiger partial charge in [0, 0.05) is 18.6 Å². The molecule has 1 aromatic carbocycles. The molecule has 1 rings (SSSR count). The summed E-state index contributed by atoms with van der Waals surface area (Å²) < 4.78 is 0. The van der Waals surface area contributed by atoms with E-state index in [1.165, 1.54) is 5.56 Å². The van der Waals surface area contributed by atoms with Gasteiger partial charge in [0.25, 0.3) is 0 Å². The van der Waals surface area contributed by atoms with Gasteiger partial charge in [0.15, 0.2) is 0 Å². The first kappa shape index (κ1) is 12.2. The van der Waals surface area contributed by atoms with Gasteiger partial charge in [0.1, 0.15) is 0 Å². The molecule has 0 aliphatic heterocycles. The number of hydrogen-bond acceptors (Lipinski definition) is 2. The van der Waals surface area contributed by atoms with E-state index < -0.39 is 0 Å². The molecule has 0 radical (unpaired) electrons. The molecule has 0 fully saturated rings. The third-order valence-electron chi connectivity index (χ3n) is 2.40. The molecule has 3 N–H and O–H groups in total. The molecule has 1 aromatic rings. The van der Waals surface area contributed by atoms with Crippen molar-refractivity contribution in [1.82, 2.24) is 5.32 Å². The third-order valence-corrected chi connectivity index (χ3v) is 2.40. The van der Waals surface area contributed by atoms with Crippen molar-refractivity contribution in [2.75, 3.05) is 13.1 Å². The van der Waals surface area contributed by atoms with E-state index >= 15 is 0 Å². The standard InChI is InChI=1S/C13H22N2/c1-11(9-15-10-13(2,3)14)12-7-5-4-6-8-12/h4-8,11,15H,9-10,14H2,1-3H3. The average molecular weight is 206 g/mol. The Kier molecular flexibility index (Phi) is 4.30. The monoisotopic (exact) mass is 206 g/mol. The lowest BCUT2D eigenvalue weighted by atomic mass is 10.0. The summed E-state index contributed by atoms with van der Waals surface area (Å²) in [6.07, 6.45) is 0. The fourth-order valence-corrected chi connectivity index (χ4v) is 1.51. The van der Waals surface area contributed by atoms with E-state index in [-0.39, 0.29) is 5.54 Å². The van der Waals surface area contributed by atoms with Crippen LogP contribution < -0.4 is 11.1 Å². The first-order valence-electron chi connectivity index (χ1n) is 5.53. The van der Waals surface area contributed by atoms with Crippen molar-refractivity contribution in [1.29, 1.82) is 0 Å². The van der Waals surface area contributed by atoms with Gasteiger partial charge < -0.3 is 11.1 Å². The van der Waals surface area contributed by atoms with Gasteiger partial charge in [-0.2, -0.15) is 0 Å². The summed E-state index contributed by atoms with van der Waals surface area (Å²) in [5.41, 5.74) is 7.14. The van der Waals surface area contributed by atoms with Crippen molar-refractivity contribution in [3.05, 3.63) is 35.9 Å². The first-order valence-corrected chi connectivity index (χ1v) is 5.53. The maximum atomic E-state index is 5.90. The molecule has 0 aliphatic rings. The minimum Gasteiger partial charge on any atom is -0.324 e. The first-order chi connectivity index (χ1) is 6.99. The third kappa shape index (κ3) is 4.96. The summed E-state index contributed by atoms with van der Waals surface area (Å²) in [5.74, 6) is 0.536. The van der Waals surface area contributed by atoms with E-state index in [4.69, 9.17) is 5.73 Å². The van der Waals surface area contributed by atoms with Crippen LogP contribution in [0.2, 0.25) is 0 Å². The molecule has 0 saturated heterocycles. The molecule has 0 amide bonds. The topological polar surface area (TPSA) is 38.0 Å². The van der Waals surface area contributed by atoms with Crippen molar-refractivity contribution in [2.24, 2.45) is 5.73 Å². The minimum atomic E-state index is -0.129. The van der Waals surface area contributed by atoms with Gasteiger partial charge in [-0.25, -0.2) is 0 Å². The van der Waals surface area contributed by atoms with Crippen molar-refractivity contribution < 1.29 is 0 Å². The molecule has 15 heavy (non-hydrogen) atoms. The Morgan fingerprint density at radius 3 is 2.40 bits per heavy atom. The fourth-order valence-electron chi connectivity index (χ4n) is 1.51. The molecule has 2 nitrogen and oxygen atoms in total. The van der Waals surface area contributed by atoms with Crippen LogP contribution in [-0.2, 0) is 0 Å². The second-order valence-corrected chi connectivity index (χ2v) is 4.93. The summed E-state index contributed by atoms with van der Waals surface area (Å²) in [6, 6.07) is 10.5. The second kappa shape index (κ2) is 5.29. The normalized spacial score (nSPS) is 13.9. The highest BCUT2D eigenvalue weighted by Crippen LogP contribution is 2.13. The zero-order valence-corrected chi connectivity index (χ0v) is 9.96. The van der Waals surface area contributed by atoms with Crippen LogP contribution in [0.3, 0.4) is 0 Å². The Morgan fingerprint density at radius 2 is 1.87 bits per heavy atom. The van der Waals surface area contributed by atoms with Crippen LogP contribution in [0.25, 0.3) is 0 Å². The second-order valence-electron chi connectivity index (χ2n) is 4.93. The summed E-state index contributed by atoms with van der Waals surface area (Å²) in [4.78, 5) is 0. The van der Waals surface area contributed by atoms with Crippen LogP contribution in [0.15, 0.2) is 30.3 Å². The largest absolute Gasteiger partial charge is 0.324 e. The van der Waals surface area contributed by atoms with Gasteiger partial charge in [-0.05, 0) is 25.3 Å². The maximum absolute atomic E-state index is 5.90. The van der Waals surface area contributed by atoms with Crippen LogP contribution in [0.1, 0.15) is 32.3 Å². The Morgan fingerprint density at radius 1 is 1.27 bits per heavy atom. The van der Waals surface area contributed by atoms with Crippen molar-refractivity contribution in [3.63, 3.8) is 0 Å². The lowest BCUT2D eigenvalue weighted by molar-refractivity contribution is 0.457. The number of nitrogens with two attached hydrogens (primary N) is 1. The number of benzene rings is 1. The van der Waals surface area contributed by atoms with E-state index in [9.17, 15) is 0 Å². The molecule has 2 heteroatoms. The lowest BCUT2D eigenvalue weighted by Crippen LogP contribution is -2.43. The Balaban J connectivity index is 2.34. The van der Waals surface area contributed by atoms with E-state index in [0.717, 1.165) is 13.1 Å². The molecular weight excluding hydrogens is 184 g/mol. The van der Waals surface area contributed by atoms with Gasteiger partial charge >= 0.3 is 0 Å². The fraction of sp³-hybridized carbons (Fsp3) is 0.538. The SMILES string of the molecule is CC(CNCC(C)(C)N)c1ccccc1. The van der Waals surface area contributed by atoms with Gasteiger partial charge in [-0.1, -0.05) is 37.3 Å². The Hall–Kier alpha value is -0.860. The number of hydrogen-bond donors (Lipinski definition) is 2. The van der Waals surface area contributed by atoms with Crippen LogP contribution in [0, 0.1) is 0 Å². The molecule has 0 bridgehead atoms. The van der Waals surface area contributed by atoms with Crippen molar-refractivity contribution in [2.45, 2.75) is 32.2 Å². The molecule has 0 aliphatic carbocycles. The Bertz CT molecular complexity index is 274. The predicted octanol–water partition coefficient (Wildman–Crippen LogP) is 2.12. The lowest BCUT2D eigenvalue weighted by Gasteiger charge is -2.21. The molecule has 1 atom stereocenters. The van der Waals surface area contributed by atoms with Crippen molar-refractivity contribution >= 4 is 0 Å². The summed E-state index contributed by atoms with van der Waals surface area (Å²) in [6.45, 7) is 8.13.